The first-order valence-electron chi connectivity index (χ1n) is 6.16. The van der Waals surface area contributed by atoms with Gasteiger partial charge in [0.05, 0.1) is 6.54 Å². The SMILES string of the molecule is Cc1nnc(CNCC2(C)CCCC2)n1C. The maximum atomic E-state index is 4.15. The summed E-state index contributed by atoms with van der Waals surface area (Å²) in [7, 11) is 2.02. The Hall–Kier alpha value is -0.900. The molecule has 0 saturated heterocycles. The van der Waals surface area contributed by atoms with E-state index in [1.165, 1.54) is 25.7 Å². The van der Waals surface area contributed by atoms with Crippen LogP contribution in [0.1, 0.15) is 44.3 Å². The molecule has 1 heterocycles. The summed E-state index contributed by atoms with van der Waals surface area (Å²) in [6, 6.07) is 0. The monoisotopic (exact) mass is 222 g/mol. The zero-order chi connectivity index (χ0) is 11.6. The first-order chi connectivity index (χ1) is 7.61. The third-order valence-electron chi connectivity index (χ3n) is 3.83. The van der Waals surface area contributed by atoms with E-state index in [1.54, 1.807) is 0 Å². The smallest absolute Gasteiger partial charge is 0.146 e. The van der Waals surface area contributed by atoms with Gasteiger partial charge in [-0.3, -0.25) is 0 Å². The minimum atomic E-state index is 0.508. The molecule has 1 aliphatic carbocycles. The normalized spacial score (nSPS) is 19.2. The average Bonchev–Trinajstić information content (AvgIpc) is 2.80. The van der Waals surface area contributed by atoms with E-state index in [2.05, 4.69) is 22.4 Å². The molecule has 2 rings (SSSR count). The Kier molecular flexibility index (Phi) is 3.28. The predicted octanol–water partition coefficient (Wildman–Crippen LogP) is 1.79. The van der Waals surface area contributed by atoms with E-state index >= 15 is 0 Å². The molecular weight excluding hydrogens is 200 g/mol. The summed E-state index contributed by atoms with van der Waals surface area (Å²) in [6.45, 7) is 6.29. The molecule has 1 saturated carbocycles. The molecule has 0 aliphatic heterocycles. The van der Waals surface area contributed by atoms with Crippen LogP contribution >= 0.6 is 0 Å². The average molecular weight is 222 g/mol. The molecule has 0 bridgehead atoms. The van der Waals surface area contributed by atoms with Crippen molar-refractivity contribution in [1.29, 1.82) is 0 Å². The lowest BCUT2D eigenvalue weighted by molar-refractivity contribution is 0.312. The molecule has 1 aromatic heterocycles. The summed E-state index contributed by atoms with van der Waals surface area (Å²) in [4.78, 5) is 0. The maximum Gasteiger partial charge on any atom is 0.146 e. The summed E-state index contributed by atoms with van der Waals surface area (Å²) < 4.78 is 2.05. The minimum Gasteiger partial charge on any atom is -0.317 e. The fourth-order valence-corrected chi connectivity index (χ4v) is 2.49. The molecule has 1 aliphatic rings. The second-order valence-corrected chi connectivity index (χ2v) is 5.34. The van der Waals surface area contributed by atoms with Gasteiger partial charge in [0.1, 0.15) is 11.6 Å². The van der Waals surface area contributed by atoms with Gasteiger partial charge in [0, 0.05) is 13.6 Å². The quantitative estimate of drug-likeness (QED) is 0.844. The number of rotatable bonds is 4. The second-order valence-electron chi connectivity index (χ2n) is 5.34. The van der Waals surface area contributed by atoms with Crippen LogP contribution in [0.3, 0.4) is 0 Å². The Bertz CT molecular complexity index is 350. The molecule has 1 aromatic rings. The van der Waals surface area contributed by atoms with Gasteiger partial charge >= 0.3 is 0 Å². The summed E-state index contributed by atoms with van der Waals surface area (Å²) in [5.74, 6) is 2.00. The van der Waals surface area contributed by atoms with E-state index in [9.17, 15) is 0 Å². The molecule has 0 amide bonds. The number of hydrogen-bond acceptors (Lipinski definition) is 3. The largest absolute Gasteiger partial charge is 0.317 e. The molecule has 16 heavy (non-hydrogen) atoms. The van der Waals surface area contributed by atoms with Crippen molar-refractivity contribution >= 4 is 0 Å². The lowest BCUT2D eigenvalue weighted by Gasteiger charge is -2.23. The van der Waals surface area contributed by atoms with Gasteiger partial charge in [-0.15, -0.1) is 10.2 Å². The molecule has 0 unspecified atom stereocenters. The lowest BCUT2D eigenvalue weighted by Crippen LogP contribution is -2.29. The van der Waals surface area contributed by atoms with Gasteiger partial charge in [-0.1, -0.05) is 19.8 Å². The van der Waals surface area contributed by atoms with Gasteiger partial charge in [-0.05, 0) is 25.2 Å². The van der Waals surface area contributed by atoms with Crippen LogP contribution in [-0.4, -0.2) is 21.3 Å². The van der Waals surface area contributed by atoms with E-state index < -0.39 is 0 Å². The Labute approximate surface area is 97.5 Å². The van der Waals surface area contributed by atoms with Crippen LogP contribution in [0.2, 0.25) is 0 Å². The Morgan fingerprint density at radius 1 is 1.31 bits per heavy atom. The molecule has 4 nitrogen and oxygen atoms in total. The Balaban J connectivity index is 1.82. The van der Waals surface area contributed by atoms with E-state index in [0.717, 1.165) is 24.7 Å². The van der Waals surface area contributed by atoms with Crippen molar-refractivity contribution in [3.05, 3.63) is 11.6 Å². The number of nitrogens with zero attached hydrogens (tertiary/aromatic N) is 3. The summed E-state index contributed by atoms with van der Waals surface area (Å²) in [5, 5.41) is 11.7. The summed E-state index contributed by atoms with van der Waals surface area (Å²) >= 11 is 0. The highest BCUT2D eigenvalue weighted by Gasteiger charge is 2.27. The highest BCUT2D eigenvalue weighted by Crippen LogP contribution is 2.36. The zero-order valence-corrected chi connectivity index (χ0v) is 10.6. The van der Waals surface area contributed by atoms with Gasteiger partial charge in [-0.25, -0.2) is 0 Å². The van der Waals surface area contributed by atoms with E-state index in [1.807, 2.05) is 18.5 Å². The van der Waals surface area contributed by atoms with Crippen LogP contribution in [0.25, 0.3) is 0 Å². The first kappa shape index (κ1) is 11.6. The second kappa shape index (κ2) is 4.53. The van der Waals surface area contributed by atoms with Crippen LogP contribution in [0, 0.1) is 12.3 Å². The third-order valence-corrected chi connectivity index (χ3v) is 3.83. The molecule has 0 aromatic carbocycles. The van der Waals surface area contributed by atoms with Gasteiger partial charge in [-0.2, -0.15) is 0 Å². The van der Waals surface area contributed by atoms with Crippen molar-refractivity contribution in [1.82, 2.24) is 20.1 Å². The van der Waals surface area contributed by atoms with Crippen molar-refractivity contribution < 1.29 is 0 Å². The molecule has 4 heteroatoms. The molecule has 1 N–H and O–H groups in total. The summed E-state index contributed by atoms with van der Waals surface area (Å²) in [5.41, 5.74) is 0.508. The lowest BCUT2D eigenvalue weighted by atomic mass is 9.89. The van der Waals surface area contributed by atoms with Gasteiger partial charge in [0.25, 0.3) is 0 Å². The zero-order valence-electron chi connectivity index (χ0n) is 10.6. The van der Waals surface area contributed by atoms with Crippen molar-refractivity contribution in [3.8, 4) is 0 Å². The Morgan fingerprint density at radius 3 is 2.56 bits per heavy atom. The highest BCUT2D eigenvalue weighted by molar-refractivity contribution is 4.92. The molecular formula is C12H22N4. The van der Waals surface area contributed by atoms with Crippen molar-refractivity contribution in [2.24, 2.45) is 12.5 Å². The maximum absolute atomic E-state index is 4.15. The molecule has 0 spiro atoms. The van der Waals surface area contributed by atoms with E-state index in [0.29, 0.717) is 5.41 Å². The van der Waals surface area contributed by atoms with Crippen LogP contribution in [0.5, 0.6) is 0 Å². The van der Waals surface area contributed by atoms with Crippen molar-refractivity contribution in [3.63, 3.8) is 0 Å². The molecule has 90 valence electrons. The van der Waals surface area contributed by atoms with Crippen molar-refractivity contribution in [2.45, 2.75) is 46.1 Å². The van der Waals surface area contributed by atoms with Gasteiger partial charge < -0.3 is 9.88 Å². The van der Waals surface area contributed by atoms with E-state index in [-0.39, 0.29) is 0 Å². The van der Waals surface area contributed by atoms with Crippen LogP contribution in [-0.2, 0) is 13.6 Å². The van der Waals surface area contributed by atoms with Gasteiger partial charge in [0.2, 0.25) is 0 Å². The Morgan fingerprint density at radius 2 is 2.00 bits per heavy atom. The third kappa shape index (κ3) is 2.43. The van der Waals surface area contributed by atoms with Gasteiger partial charge in [0.15, 0.2) is 0 Å². The molecule has 0 atom stereocenters. The van der Waals surface area contributed by atoms with Crippen LogP contribution < -0.4 is 5.32 Å². The number of aryl methyl sites for hydroxylation is 1. The standard InChI is InChI=1S/C12H22N4/c1-10-14-15-11(16(10)3)8-13-9-12(2)6-4-5-7-12/h13H,4-9H2,1-3H3. The molecule has 1 fully saturated rings. The van der Waals surface area contributed by atoms with Crippen LogP contribution in [0.4, 0.5) is 0 Å². The first-order valence-corrected chi connectivity index (χ1v) is 6.16. The topological polar surface area (TPSA) is 42.7 Å². The highest BCUT2D eigenvalue weighted by atomic mass is 15.3. The summed E-state index contributed by atoms with van der Waals surface area (Å²) in [6.07, 6.45) is 5.50. The molecule has 0 radical (unpaired) electrons. The van der Waals surface area contributed by atoms with E-state index in [4.69, 9.17) is 0 Å². The fraction of sp³-hybridized carbons (Fsp3) is 0.833. The number of aromatic nitrogens is 3. The van der Waals surface area contributed by atoms with Crippen LogP contribution in [0.15, 0.2) is 0 Å². The van der Waals surface area contributed by atoms with Crippen molar-refractivity contribution in [2.75, 3.05) is 6.54 Å². The number of nitrogens with one attached hydrogen (secondary N) is 1. The number of hydrogen-bond donors (Lipinski definition) is 1. The fourth-order valence-electron chi connectivity index (χ4n) is 2.49. The predicted molar refractivity (Wildman–Crippen MR) is 64.0 cm³/mol. The minimum absolute atomic E-state index is 0.508.